The zero-order chi connectivity index (χ0) is 26.9. The fraction of sp³-hybridized carbons (Fsp3) is 0.355. The molecule has 0 atom stereocenters. The molecule has 8 heteroatoms. The maximum Gasteiger partial charge on any atom is 0.426 e. The highest BCUT2D eigenvalue weighted by molar-refractivity contribution is 6.03. The average Bonchev–Trinajstić information content (AvgIpc) is 3.16. The maximum absolute atomic E-state index is 14.2. The standard InChI is InChI=1S/C31H32N4O4/c1-30(2,3)39-29(37)34-35-28(36)18-8-4-5-11-21(18)31(35)22-12-14-24-19(9-6-16-32-24)26(22)38-27-20-10-7-17-33-25(20)15-13-23(27)31/h4-5,8,11-15,32-33H,6-7,9-10,16-17H2,1-3H3,(H,34,37). The lowest BCUT2D eigenvalue weighted by Gasteiger charge is -2.45. The molecule has 0 aliphatic carbocycles. The van der Waals surface area contributed by atoms with Crippen molar-refractivity contribution in [3.8, 4) is 11.5 Å². The summed E-state index contributed by atoms with van der Waals surface area (Å²) in [6, 6.07) is 15.8. The molecule has 4 aliphatic heterocycles. The summed E-state index contributed by atoms with van der Waals surface area (Å²) < 4.78 is 12.5. The van der Waals surface area contributed by atoms with Crippen LogP contribution in [-0.4, -0.2) is 35.7 Å². The van der Waals surface area contributed by atoms with E-state index in [1.807, 2.05) is 36.4 Å². The predicted octanol–water partition coefficient (Wildman–Crippen LogP) is 5.70. The number of nitrogens with zero attached hydrogens (tertiary/aromatic N) is 1. The molecule has 7 rings (SSSR count). The van der Waals surface area contributed by atoms with Crippen LogP contribution in [0, 0.1) is 0 Å². The third-order valence-corrected chi connectivity index (χ3v) is 8.03. The lowest BCUT2D eigenvalue weighted by atomic mass is 9.73. The topological polar surface area (TPSA) is 91.9 Å². The normalized spacial score (nSPS) is 17.9. The molecule has 2 amide bonds. The lowest BCUT2D eigenvalue weighted by molar-refractivity contribution is 0.0181. The molecular weight excluding hydrogens is 492 g/mol. The predicted molar refractivity (Wildman–Crippen MR) is 148 cm³/mol. The number of hydrogen-bond donors (Lipinski definition) is 3. The fourth-order valence-corrected chi connectivity index (χ4v) is 6.55. The molecule has 1 spiro atoms. The average molecular weight is 525 g/mol. The number of fused-ring (bicyclic) bond motifs is 10. The Morgan fingerprint density at radius 2 is 1.49 bits per heavy atom. The molecule has 0 fully saturated rings. The number of nitrogens with one attached hydrogen (secondary N) is 3. The second-order valence-electron chi connectivity index (χ2n) is 11.6. The molecule has 0 saturated carbocycles. The van der Waals surface area contributed by atoms with E-state index in [2.05, 4.69) is 28.2 Å². The number of hydrazine groups is 1. The van der Waals surface area contributed by atoms with E-state index in [1.54, 1.807) is 20.8 Å². The first-order valence-electron chi connectivity index (χ1n) is 13.7. The summed E-state index contributed by atoms with van der Waals surface area (Å²) in [4.78, 5) is 27.4. The van der Waals surface area contributed by atoms with Crippen LogP contribution in [0.5, 0.6) is 11.5 Å². The SMILES string of the molecule is CC(C)(C)OC(=O)NN1C(=O)c2ccccc2C12c1ccc3c(c1Oc1c2ccc2c1CCCN2)CCCN3. The van der Waals surface area contributed by atoms with Gasteiger partial charge in [0.2, 0.25) is 0 Å². The van der Waals surface area contributed by atoms with E-state index in [0.29, 0.717) is 5.56 Å². The first kappa shape index (κ1) is 23.9. The second kappa shape index (κ2) is 8.40. The van der Waals surface area contributed by atoms with Crippen LogP contribution in [0.1, 0.15) is 71.8 Å². The number of carbonyl (C=O) groups is 2. The Labute approximate surface area is 227 Å². The van der Waals surface area contributed by atoms with Gasteiger partial charge in [0, 0.05) is 57.8 Å². The molecule has 3 N–H and O–H groups in total. The van der Waals surface area contributed by atoms with E-state index in [0.717, 1.165) is 89.5 Å². The Morgan fingerprint density at radius 3 is 2.08 bits per heavy atom. The van der Waals surface area contributed by atoms with E-state index >= 15 is 0 Å². The number of ether oxygens (including phenoxy) is 2. The number of amides is 2. The van der Waals surface area contributed by atoms with Crippen molar-refractivity contribution in [1.82, 2.24) is 10.4 Å². The van der Waals surface area contributed by atoms with Gasteiger partial charge in [0.1, 0.15) is 22.6 Å². The summed E-state index contributed by atoms with van der Waals surface area (Å²) >= 11 is 0. The molecule has 0 bridgehead atoms. The van der Waals surface area contributed by atoms with Gasteiger partial charge in [-0.15, -0.1) is 0 Å². The largest absolute Gasteiger partial charge is 0.456 e. The molecule has 4 aliphatic rings. The van der Waals surface area contributed by atoms with Crippen LogP contribution >= 0.6 is 0 Å². The molecule has 4 heterocycles. The minimum absolute atomic E-state index is 0.290. The van der Waals surface area contributed by atoms with Gasteiger partial charge in [-0.25, -0.2) is 15.2 Å². The van der Waals surface area contributed by atoms with Crippen molar-refractivity contribution in [2.75, 3.05) is 23.7 Å². The third kappa shape index (κ3) is 3.43. The van der Waals surface area contributed by atoms with E-state index in [1.165, 1.54) is 5.01 Å². The van der Waals surface area contributed by atoms with Gasteiger partial charge in [-0.2, -0.15) is 0 Å². The number of hydrogen-bond acceptors (Lipinski definition) is 6. The minimum Gasteiger partial charge on any atom is -0.456 e. The molecule has 8 nitrogen and oxygen atoms in total. The fourth-order valence-electron chi connectivity index (χ4n) is 6.55. The van der Waals surface area contributed by atoms with Crippen LogP contribution in [0.2, 0.25) is 0 Å². The Balaban J connectivity index is 1.54. The molecule has 39 heavy (non-hydrogen) atoms. The zero-order valence-corrected chi connectivity index (χ0v) is 22.4. The van der Waals surface area contributed by atoms with Gasteiger partial charge < -0.3 is 20.1 Å². The molecule has 0 aromatic heterocycles. The highest BCUT2D eigenvalue weighted by Crippen LogP contribution is 2.60. The van der Waals surface area contributed by atoms with Crippen LogP contribution in [0.3, 0.4) is 0 Å². The number of rotatable bonds is 1. The van der Waals surface area contributed by atoms with Crippen LogP contribution in [-0.2, 0) is 23.1 Å². The van der Waals surface area contributed by atoms with Crippen molar-refractivity contribution >= 4 is 23.4 Å². The highest BCUT2D eigenvalue weighted by atomic mass is 16.6. The number of benzene rings is 3. The first-order valence-corrected chi connectivity index (χ1v) is 13.7. The Hall–Kier alpha value is -4.20. The van der Waals surface area contributed by atoms with Crippen molar-refractivity contribution in [2.24, 2.45) is 0 Å². The maximum atomic E-state index is 14.2. The van der Waals surface area contributed by atoms with Crippen molar-refractivity contribution < 1.29 is 19.1 Å². The summed E-state index contributed by atoms with van der Waals surface area (Å²) in [5, 5.41) is 8.49. The summed E-state index contributed by atoms with van der Waals surface area (Å²) in [7, 11) is 0. The third-order valence-electron chi connectivity index (χ3n) is 8.03. The summed E-state index contributed by atoms with van der Waals surface area (Å²) in [5.41, 5.74) is 8.31. The number of carbonyl (C=O) groups excluding carboxylic acids is 2. The molecule has 200 valence electrons. The quantitative estimate of drug-likeness (QED) is 0.379. The van der Waals surface area contributed by atoms with E-state index in [-0.39, 0.29) is 5.91 Å². The van der Waals surface area contributed by atoms with E-state index < -0.39 is 17.2 Å². The van der Waals surface area contributed by atoms with Crippen molar-refractivity contribution in [3.63, 3.8) is 0 Å². The lowest BCUT2D eigenvalue weighted by Crippen LogP contribution is -2.56. The summed E-state index contributed by atoms with van der Waals surface area (Å²) in [6.07, 6.45) is 3.00. The monoisotopic (exact) mass is 524 g/mol. The van der Waals surface area contributed by atoms with Crippen LogP contribution in [0.4, 0.5) is 16.2 Å². The van der Waals surface area contributed by atoms with Gasteiger partial charge in [-0.3, -0.25) is 4.79 Å². The molecule has 3 aromatic rings. The zero-order valence-electron chi connectivity index (χ0n) is 22.4. The van der Waals surface area contributed by atoms with Gasteiger partial charge in [-0.1, -0.05) is 30.3 Å². The Kier molecular flexibility index (Phi) is 5.14. The van der Waals surface area contributed by atoms with Crippen LogP contribution < -0.4 is 20.8 Å². The van der Waals surface area contributed by atoms with Crippen molar-refractivity contribution in [3.05, 3.63) is 81.9 Å². The van der Waals surface area contributed by atoms with Crippen LogP contribution in [0.15, 0.2) is 48.5 Å². The van der Waals surface area contributed by atoms with Crippen LogP contribution in [0.25, 0.3) is 0 Å². The Morgan fingerprint density at radius 1 is 0.897 bits per heavy atom. The van der Waals surface area contributed by atoms with E-state index in [9.17, 15) is 9.59 Å². The van der Waals surface area contributed by atoms with Gasteiger partial charge >= 0.3 is 6.09 Å². The first-order chi connectivity index (χ1) is 18.8. The molecule has 0 radical (unpaired) electrons. The smallest absolute Gasteiger partial charge is 0.426 e. The summed E-state index contributed by atoms with van der Waals surface area (Å²) in [5.74, 6) is 1.22. The summed E-state index contributed by atoms with van der Waals surface area (Å²) in [6.45, 7) is 7.22. The highest BCUT2D eigenvalue weighted by Gasteiger charge is 2.58. The second-order valence-corrected chi connectivity index (χ2v) is 11.6. The molecular formula is C31H32N4O4. The van der Waals surface area contributed by atoms with Crippen molar-refractivity contribution in [1.29, 1.82) is 0 Å². The van der Waals surface area contributed by atoms with E-state index in [4.69, 9.17) is 9.47 Å². The van der Waals surface area contributed by atoms with Gasteiger partial charge in [0.25, 0.3) is 5.91 Å². The van der Waals surface area contributed by atoms with Crippen molar-refractivity contribution in [2.45, 2.75) is 57.6 Å². The Bertz CT molecular complexity index is 1470. The number of anilines is 2. The molecule has 0 unspecified atom stereocenters. The molecule has 0 saturated heterocycles. The van der Waals surface area contributed by atoms with Gasteiger partial charge in [0.15, 0.2) is 0 Å². The van der Waals surface area contributed by atoms with Gasteiger partial charge in [0.05, 0.1) is 0 Å². The molecule has 3 aromatic carbocycles. The minimum atomic E-state index is -1.13. The van der Waals surface area contributed by atoms with Gasteiger partial charge in [-0.05, 0) is 64.7 Å².